The summed E-state index contributed by atoms with van der Waals surface area (Å²) in [4.78, 5) is 23.7. The molecule has 102 valence electrons. The molecule has 0 aliphatic heterocycles. The van der Waals surface area contributed by atoms with Crippen LogP contribution in [0, 0.1) is 11.8 Å². The van der Waals surface area contributed by atoms with Gasteiger partial charge in [0.25, 0.3) is 0 Å². The average Bonchev–Trinajstić information content (AvgIpc) is 2.38. The Morgan fingerprint density at radius 1 is 1.21 bits per heavy atom. The van der Waals surface area contributed by atoms with E-state index in [1.807, 2.05) is 7.85 Å². The number of carbonyl (C=O) groups excluding carboxylic acids is 1. The summed E-state index contributed by atoms with van der Waals surface area (Å²) >= 11 is 0. The number of carboxylic acids is 1. The van der Waals surface area contributed by atoms with E-state index >= 15 is 0 Å². The van der Waals surface area contributed by atoms with Crippen molar-refractivity contribution in [3.8, 4) is 0 Å². The predicted octanol–water partition coefficient (Wildman–Crippen LogP) is 2.10. The van der Waals surface area contributed by atoms with Crippen LogP contribution < -0.4 is 0 Å². The maximum atomic E-state index is 12.4. The van der Waals surface area contributed by atoms with Crippen LogP contribution in [0.4, 0.5) is 0 Å². The van der Waals surface area contributed by atoms with Gasteiger partial charge in [0.2, 0.25) is 0 Å². The first-order valence-electron chi connectivity index (χ1n) is 6.74. The summed E-state index contributed by atoms with van der Waals surface area (Å²) in [7, 11) is 1.86. The van der Waals surface area contributed by atoms with E-state index in [9.17, 15) is 14.7 Å². The molecule has 0 aromatic carbocycles. The molecule has 1 aliphatic carbocycles. The van der Waals surface area contributed by atoms with Gasteiger partial charge in [-0.25, -0.2) is 0 Å². The summed E-state index contributed by atoms with van der Waals surface area (Å²) in [6.45, 7) is 5.56. The van der Waals surface area contributed by atoms with Crippen LogP contribution in [0.15, 0.2) is 35.9 Å². The molecule has 0 radical (unpaired) electrons. The predicted molar refractivity (Wildman–Crippen MR) is 78.7 cm³/mol. The Kier molecular flexibility index (Phi) is 5.80. The Labute approximate surface area is 115 Å². The van der Waals surface area contributed by atoms with Crippen molar-refractivity contribution in [2.45, 2.75) is 32.6 Å². The maximum absolute atomic E-state index is 12.4. The molecule has 0 aromatic heterocycles. The van der Waals surface area contributed by atoms with E-state index in [1.54, 1.807) is 25.2 Å². The summed E-state index contributed by atoms with van der Waals surface area (Å²) in [6.07, 6.45) is 8.37. The molecular formula is C15H21BO3. The van der Waals surface area contributed by atoms with Gasteiger partial charge in [0.15, 0.2) is 5.78 Å². The second-order valence-electron chi connectivity index (χ2n) is 5.12. The topological polar surface area (TPSA) is 54.4 Å². The number of hydrogen-bond acceptors (Lipinski definition) is 2. The summed E-state index contributed by atoms with van der Waals surface area (Å²) in [5.74, 6) is -1.81. The van der Waals surface area contributed by atoms with Gasteiger partial charge < -0.3 is 5.11 Å². The second kappa shape index (κ2) is 7.12. The first kappa shape index (κ1) is 15.5. The standard InChI is InChI=1S/C15H21BO3/c1-3-11(9-8-10(2)16)14(17)12-6-4-5-7-13(12)15(18)19/h3,8-9,12-13H,2,4-7,16H2,1H3,(H,18,19)/b9-8-,11-3+/t12-,13-/m1/s1. The zero-order valence-corrected chi connectivity index (χ0v) is 11.7. The van der Waals surface area contributed by atoms with Gasteiger partial charge in [-0.15, -0.1) is 6.58 Å². The third-order valence-electron chi connectivity index (χ3n) is 3.56. The second-order valence-corrected chi connectivity index (χ2v) is 5.12. The van der Waals surface area contributed by atoms with Crippen LogP contribution in [0.3, 0.4) is 0 Å². The molecular weight excluding hydrogens is 239 g/mol. The third kappa shape index (κ3) is 4.23. The van der Waals surface area contributed by atoms with Crippen LogP contribution in [0.1, 0.15) is 32.6 Å². The van der Waals surface area contributed by atoms with Crippen LogP contribution in [0.5, 0.6) is 0 Å². The fourth-order valence-electron chi connectivity index (χ4n) is 2.51. The molecule has 0 unspecified atom stereocenters. The normalized spacial score (nSPS) is 24.4. The molecule has 19 heavy (non-hydrogen) atoms. The quantitative estimate of drug-likeness (QED) is 0.468. The fraction of sp³-hybridized carbons (Fsp3) is 0.467. The first-order valence-corrected chi connectivity index (χ1v) is 6.74. The van der Waals surface area contributed by atoms with Crippen LogP contribution in [-0.2, 0) is 9.59 Å². The number of rotatable bonds is 5. The Morgan fingerprint density at radius 3 is 2.26 bits per heavy atom. The largest absolute Gasteiger partial charge is 0.481 e. The zero-order valence-electron chi connectivity index (χ0n) is 11.7. The average molecular weight is 260 g/mol. The Hall–Kier alpha value is -1.58. The number of Topliss-reactive ketones (excluding diaryl/α,β-unsaturated/α-hetero) is 1. The van der Waals surface area contributed by atoms with Gasteiger partial charge in [-0.3, -0.25) is 9.59 Å². The van der Waals surface area contributed by atoms with Crippen LogP contribution in [0.25, 0.3) is 0 Å². The molecule has 1 fully saturated rings. The van der Waals surface area contributed by atoms with E-state index in [4.69, 9.17) is 0 Å². The fourth-order valence-corrected chi connectivity index (χ4v) is 2.51. The summed E-state index contributed by atoms with van der Waals surface area (Å²) in [5.41, 5.74) is 1.45. The number of aliphatic carboxylic acids is 1. The number of hydrogen-bond donors (Lipinski definition) is 1. The summed E-state index contributed by atoms with van der Waals surface area (Å²) in [6, 6.07) is 0. The van der Waals surface area contributed by atoms with Gasteiger partial charge in [-0.05, 0) is 19.8 Å². The van der Waals surface area contributed by atoms with Gasteiger partial charge in [0.05, 0.1) is 5.92 Å². The lowest BCUT2D eigenvalue weighted by Crippen LogP contribution is -2.33. The molecule has 3 nitrogen and oxygen atoms in total. The van der Waals surface area contributed by atoms with Crippen molar-refractivity contribution in [3.05, 3.63) is 35.9 Å². The molecule has 0 amide bonds. The molecule has 0 aromatic rings. The van der Waals surface area contributed by atoms with Crippen LogP contribution in [-0.4, -0.2) is 24.7 Å². The van der Waals surface area contributed by atoms with E-state index in [1.165, 1.54) is 0 Å². The van der Waals surface area contributed by atoms with Crippen molar-refractivity contribution < 1.29 is 14.7 Å². The minimum atomic E-state index is -0.850. The van der Waals surface area contributed by atoms with Gasteiger partial charge in [-0.1, -0.05) is 36.5 Å². The van der Waals surface area contributed by atoms with E-state index in [0.717, 1.165) is 18.3 Å². The monoisotopic (exact) mass is 260 g/mol. The highest BCUT2D eigenvalue weighted by molar-refractivity contribution is 6.23. The minimum Gasteiger partial charge on any atom is -0.481 e. The molecule has 1 saturated carbocycles. The number of carbonyl (C=O) groups is 2. The van der Waals surface area contributed by atoms with Crippen molar-refractivity contribution in [1.82, 2.24) is 0 Å². The number of ketones is 1. The van der Waals surface area contributed by atoms with E-state index in [0.29, 0.717) is 18.4 Å². The van der Waals surface area contributed by atoms with E-state index in [-0.39, 0.29) is 11.7 Å². The first-order chi connectivity index (χ1) is 8.97. The molecule has 0 bridgehead atoms. The van der Waals surface area contributed by atoms with Gasteiger partial charge in [0.1, 0.15) is 7.85 Å². The Morgan fingerprint density at radius 2 is 1.79 bits per heavy atom. The maximum Gasteiger partial charge on any atom is 0.307 e. The van der Waals surface area contributed by atoms with E-state index < -0.39 is 11.9 Å². The highest BCUT2D eigenvalue weighted by Gasteiger charge is 2.36. The van der Waals surface area contributed by atoms with Gasteiger partial charge in [0, 0.05) is 11.5 Å². The Balaban J connectivity index is 2.89. The highest BCUT2D eigenvalue weighted by atomic mass is 16.4. The highest BCUT2D eigenvalue weighted by Crippen LogP contribution is 2.32. The SMILES string of the molecule is BC(=C)/C=C\C(=C/C)C(=O)[C@@H]1CCCC[C@H]1C(=O)O. The molecule has 0 saturated heterocycles. The Bertz CT molecular complexity index is 435. The molecule has 1 aliphatic rings. The van der Waals surface area contributed by atoms with Crippen LogP contribution >= 0.6 is 0 Å². The van der Waals surface area contributed by atoms with Gasteiger partial charge >= 0.3 is 5.97 Å². The van der Waals surface area contributed by atoms with Crippen molar-refractivity contribution in [2.24, 2.45) is 11.8 Å². The number of allylic oxidation sites excluding steroid dienone is 5. The number of carboxylic acid groups (broad SMARTS) is 1. The lowest BCUT2D eigenvalue weighted by Gasteiger charge is -2.27. The van der Waals surface area contributed by atoms with Crippen LogP contribution in [0.2, 0.25) is 0 Å². The molecule has 0 heterocycles. The van der Waals surface area contributed by atoms with Crippen molar-refractivity contribution in [1.29, 1.82) is 0 Å². The van der Waals surface area contributed by atoms with Crippen molar-refractivity contribution in [3.63, 3.8) is 0 Å². The van der Waals surface area contributed by atoms with Gasteiger partial charge in [-0.2, -0.15) is 0 Å². The molecule has 2 atom stereocenters. The molecule has 4 heteroatoms. The lowest BCUT2D eigenvalue weighted by atomic mass is 9.75. The van der Waals surface area contributed by atoms with Crippen molar-refractivity contribution >= 4 is 19.6 Å². The molecule has 1 rings (SSSR count). The summed E-state index contributed by atoms with van der Waals surface area (Å²) in [5, 5.41) is 9.23. The third-order valence-corrected chi connectivity index (χ3v) is 3.56. The molecule has 1 N–H and O–H groups in total. The van der Waals surface area contributed by atoms with E-state index in [2.05, 4.69) is 6.58 Å². The zero-order chi connectivity index (χ0) is 14.4. The minimum absolute atomic E-state index is 0.0490. The summed E-state index contributed by atoms with van der Waals surface area (Å²) < 4.78 is 0. The lowest BCUT2D eigenvalue weighted by molar-refractivity contribution is -0.147. The molecule has 0 spiro atoms. The van der Waals surface area contributed by atoms with Crippen molar-refractivity contribution in [2.75, 3.05) is 0 Å². The smallest absolute Gasteiger partial charge is 0.307 e.